The summed E-state index contributed by atoms with van der Waals surface area (Å²) in [4.78, 5) is 10.3. The highest BCUT2D eigenvalue weighted by Crippen LogP contribution is 2.47. The first-order chi connectivity index (χ1) is 21.1. The van der Waals surface area contributed by atoms with Gasteiger partial charge in [0.1, 0.15) is 0 Å². The minimum absolute atomic E-state index is 0.0931. The van der Waals surface area contributed by atoms with Crippen LogP contribution in [-0.4, -0.2) is 17.2 Å². The van der Waals surface area contributed by atoms with Gasteiger partial charge in [-0.25, -0.2) is 4.98 Å². The zero-order valence-corrected chi connectivity index (χ0v) is 25.3. The Labute approximate surface area is 256 Å². The fraction of sp³-hybridized carbons (Fsp3) is 0.366. The van der Waals surface area contributed by atoms with Gasteiger partial charge in [-0.3, -0.25) is 4.99 Å². The summed E-state index contributed by atoms with van der Waals surface area (Å²) < 4.78 is 0. The highest BCUT2D eigenvalue weighted by atomic mass is 14.8. The van der Waals surface area contributed by atoms with Gasteiger partial charge in [0.05, 0.1) is 17.3 Å². The molecular weight excluding hydrogens is 520 g/mol. The van der Waals surface area contributed by atoms with Gasteiger partial charge in [-0.15, -0.1) is 0 Å². The molecule has 0 bridgehead atoms. The number of dihydropyridines is 1. The predicted molar refractivity (Wildman–Crippen MR) is 181 cm³/mol. The van der Waals surface area contributed by atoms with E-state index in [9.17, 15) is 0 Å². The summed E-state index contributed by atoms with van der Waals surface area (Å²) in [5, 5.41) is 1.35. The molecule has 0 N–H and O–H groups in total. The molecule has 1 aromatic carbocycles. The van der Waals surface area contributed by atoms with Crippen molar-refractivity contribution in [1.29, 1.82) is 0 Å². The van der Waals surface area contributed by atoms with Gasteiger partial charge in [0.15, 0.2) is 0 Å². The van der Waals surface area contributed by atoms with Crippen LogP contribution < -0.4 is 0 Å². The molecule has 5 atom stereocenters. The lowest BCUT2D eigenvalue weighted by molar-refractivity contribution is 0.188. The van der Waals surface area contributed by atoms with Crippen LogP contribution in [0.2, 0.25) is 0 Å². The van der Waals surface area contributed by atoms with E-state index in [1.807, 2.05) is 6.21 Å². The average Bonchev–Trinajstić information content (AvgIpc) is 3.07. The number of aliphatic imine (C=N–C) groups is 1. The van der Waals surface area contributed by atoms with Crippen molar-refractivity contribution < 1.29 is 0 Å². The molecule has 0 amide bonds. The van der Waals surface area contributed by atoms with E-state index >= 15 is 0 Å². The lowest BCUT2D eigenvalue weighted by Gasteiger charge is -2.40. The van der Waals surface area contributed by atoms with Gasteiger partial charge in [0.25, 0.3) is 0 Å². The highest BCUT2D eigenvalue weighted by molar-refractivity contribution is 5.87. The average molecular weight is 563 g/mol. The van der Waals surface area contributed by atoms with Crippen molar-refractivity contribution in [3.63, 3.8) is 0 Å². The van der Waals surface area contributed by atoms with Gasteiger partial charge in [-0.1, -0.05) is 92.0 Å². The Balaban J connectivity index is 1.12. The Hall–Kier alpha value is -3.78. The number of pyridine rings is 1. The van der Waals surface area contributed by atoms with E-state index in [0.717, 1.165) is 30.0 Å². The first-order valence-corrected chi connectivity index (χ1v) is 16.6. The van der Waals surface area contributed by atoms with E-state index in [1.54, 1.807) is 0 Å². The molecule has 0 spiro atoms. The third kappa shape index (κ3) is 4.99. The van der Waals surface area contributed by atoms with Crippen molar-refractivity contribution in [2.45, 2.75) is 69.7 Å². The molecule has 2 nitrogen and oxygen atoms in total. The van der Waals surface area contributed by atoms with Crippen LogP contribution in [-0.2, 0) is 0 Å². The van der Waals surface area contributed by atoms with Crippen LogP contribution in [0, 0.1) is 23.2 Å². The highest BCUT2D eigenvalue weighted by Gasteiger charge is 2.37. The third-order valence-electron chi connectivity index (χ3n) is 11.2. The number of nitrogens with zero attached hydrogens (tertiary/aromatic N) is 2. The Kier molecular flexibility index (Phi) is 6.89. The number of benzene rings is 1. The molecule has 1 aromatic heterocycles. The fourth-order valence-corrected chi connectivity index (χ4v) is 8.63. The molecule has 43 heavy (non-hydrogen) atoms. The largest absolute Gasteiger partial charge is 0.289 e. The molecule has 5 aliphatic carbocycles. The Morgan fingerprint density at radius 3 is 2.67 bits per heavy atom. The standard InChI is InChI=1S/C41H42N2/c1-41-22-6-5-13-34(41)25-33(21-23-41)38-27-37(36-20-19-32(26-39(36)43-38)28-9-3-2-4-10-28)30-17-15-29(16-18-30)35-14-7-11-31-12-8-24-42-40(31)35/h2-9,11-13,19-22,24-31,35,40H,10,14-18,23H2,1H3/t28?,29?,30?,31?,35-,40?,41?/m0/s1. The fourth-order valence-electron chi connectivity index (χ4n) is 8.63. The molecule has 2 aromatic rings. The second-order valence-corrected chi connectivity index (χ2v) is 13.8. The molecule has 6 aliphatic rings. The van der Waals surface area contributed by atoms with Crippen LogP contribution >= 0.6 is 0 Å². The molecule has 216 valence electrons. The SMILES string of the molecule is CC12C=CC=CC1=CC(c1cc(C3CCC([C@@H]4CC=CC5C=CC=NC54)CC3)c3ccc(C4C=CC=CC4)cc3n1)=CC2. The van der Waals surface area contributed by atoms with Gasteiger partial charge < -0.3 is 0 Å². The van der Waals surface area contributed by atoms with Gasteiger partial charge in [-0.2, -0.15) is 0 Å². The van der Waals surface area contributed by atoms with E-state index in [-0.39, 0.29) is 5.41 Å². The van der Waals surface area contributed by atoms with Crippen LogP contribution in [0.5, 0.6) is 0 Å². The van der Waals surface area contributed by atoms with Crippen molar-refractivity contribution in [3.05, 3.63) is 132 Å². The maximum Gasteiger partial charge on any atom is 0.0715 e. The summed E-state index contributed by atoms with van der Waals surface area (Å²) in [6, 6.07) is 10.0. The van der Waals surface area contributed by atoms with E-state index < -0.39 is 0 Å². The zero-order chi connectivity index (χ0) is 28.8. The Morgan fingerprint density at radius 1 is 0.860 bits per heavy atom. The van der Waals surface area contributed by atoms with Gasteiger partial charge >= 0.3 is 0 Å². The van der Waals surface area contributed by atoms with Gasteiger partial charge in [-0.05, 0) is 109 Å². The second kappa shape index (κ2) is 11.1. The topological polar surface area (TPSA) is 25.2 Å². The van der Waals surface area contributed by atoms with Gasteiger partial charge in [0, 0.05) is 28.9 Å². The van der Waals surface area contributed by atoms with E-state index in [2.05, 4.69) is 116 Å². The Morgan fingerprint density at radius 2 is 1.79 bits per heavy atom. The minimum atomic E-state index is 0.0931. The number of rotatable bonds is 4. The Bertz CT molecular complexity index is 1700. The first kappa shape index (κ1) is 26.8. The van der Waals surface area contributed by atoms with E-state index in [1.165, 1.54) is 59.8 Å². The van der Waals surface area contributed by atoms with E-state index in [0.29, 0.717) is 29.7 Å². The smallest absolute Gasteiger partial charge is 0.0715 e. The quantitative estimate of drug-likeness (QED) is 0.340. The van der Waals surface area contributed by atoms with Crippen LogP contribution in [0.25, 0.3) is 16.5 Å². The number of hydrogen-bond donors (Lipinski definition) is 0. The predicted octanol–water partition coefficient (Wildman–Crippen LogP) is 10.2. The first-order valence-electron chi connectivity index (χ1n) is 16.6. The molecule has 1 fully saturated rings. The minimum Gasteiger partial charge on any atom is -0.289 e. The van der Waals surface area contributed by atoms with Crippen molar-refractivity contribution in [2.75, 3.05) is 0 Å². The molecule has 0 radical (unpaired) electrons. The summed E-state index contributed by atoms with van der Waals surface area (Å²) in [5.74, 6) is 2.94. The van der Waals surface area contributed by atoms with Crippen LogP contribution in [0.15, 0.2) is 120 Å². The number of aromatic nitrogens is 1. The summed E-state index contributed by atoms with van der Waals surface area (Å²) in [6.45, 7) is 2.35. The number of hydrogen-bond acceptors (Lipinski definition) is 2. The lowest BCUT2D eigenvalue weighted by atomic mass is 9.67. The molecule has 0 saturated heterocycles. The molecule has 4 unspecified atom stereocenters. The van der Waals surface area contributed by atoms with Crippen LogP contribution in [0.1, 0.15) is 80.5 Å². The number of fused-ring (bicyclic) bond motifs is 3. The van der Waals surface area contributed by atoms with Crippen molar-refractivity contribution >= 4 is 22.7 Å². The molecule has 2 heterocycles. The zero-order valence-electron chi connectivity index (χ0n) is 25.3. The normalized spacial score (nSPS) is 34.2. The van der Waals surface area contributed by atoms with E-state index in [4.69, 9.17) is 9.98 Å². The van der Waals surface area contributed by atoms with Crippen LogP contribution in [0.4, 0.5) is 0 Å². The molecule has 1 aliphatic heterocycles. The summed E-state index contributed by atoms with van der Waals surface area (Å²) in [6.07, 6.45) is 42.5. The molecule has 2 heteroatoms. The summed E-state index contributed by atoms with van der Waals surface area (Å²) >= 11 is 0. The van der Waals surface area contributed by atoms with Crippen molar-refractivity contribution in [3.8, 4) is 0 Å². The van der Waals surface area contributed by atoms with Crippen molar-refractivity contribution in [2.24, 2.45) is 28.2 Å². The van der Waals surface area contributed by atoms with Crippen molar-refractivity contribution in [1.82, 2.24) is 4.98 Å². The monoisotopic (exact) mass is 562 g/mol. The van der Waals surface area contributed by atoms with Crippen LogP contribution in [0.3, 0.4) is 0 Å². The lowest BCUT2D eigenvalue weighted by Crippen LogP contribution is -2.36. The molecule has 8 rings (SSSR count). The maximum atomic E-state index is 5.38. The maximum absolute atomic E-state index is 5.38. The molecular formula is C41H42N2. The second-order valence-electron chi connectivity index (χ2n) is 13.8. The third-order valence-corrected chi connectivity index (χ3v) is 11.2. The summed E-state index contributed by atoms with van der Waals surface area (Å²) in [7, 11) is 0. The summed E-state index contributed by atoms with van der Waals surface area (Å²) in [5.41, 5.74) is 7.94. The number of allylic oxidation sites excluding steroid dienone is 14. The molecule has 1 saturated carbocycles. The van der Waals surface area contributed by atoms with Gasteiger partial charge in [0.2, 0.25) is 0 Å².